The van der Waals surface area contributed by atoms with E-state index in [1.807, 2.05) is 20.8 Å². The molecule has 7 nitrogen and oxygen atoms in total. The van der Waals surface area contributed by atoms with Crippen LogP contribution in [0.1, 0.15) is 44.0 Å². The minimum Gasteiger partial charge on any atom is -0.491 e. The summed E-state index contributed by atoms with van der Waals surface area (Å²) < 4.78 is 11.2. The number of amides is 1. The Hall–Kier alpha value is -2.22. The summed E-state index contributed by atoms with van der Waals surface area (Å²) in [7, 11) is 0. The predicted octanol–water partition coefficient (Wildman–Crippen LogP) is 3.92. The highest BCUT2D eigenvalue weighted by Crippen LogP contribution is 2.30. The number of nitrogens with zero attached hydrogens (tertiary/aromatic N) is 2. The average molecular weight is 421 g/mol. The predicted molar refractivity (Wildman–Crippen MR) is 113 cm³/mol. The Morgan fingerprint density at radius 2 is 1.86 bits per heavy atom. The van der Waals surface area contributed by atoms with Crippen molar-refractivity contribution in [3.05, 3.63) is 29.8 Å². The van der Waals surface area contributed by atoms with Crippen molar-refractivity contribution in [1.29, 1.82) is 0 Å². The van der Waals surface area contributed by atoms with Gasteiger partial charge in [-0.3, -0.25) is 4.99 Å². The van der Waals surface area contributed by atoms with E-state index in [1.165, 1.54) is 12.1 Å². The lowest BCUT2D eigenvalue weighted by Crippen LogP contribution is -2.42. The number of carbonyl (C=O) groups excluding carboxylic acids is 1. The van der Waals surface area contributed by atoms with Gasteiger partial charge in [0.2, 0.25) is 0 Å². The Labute approximate surface area is 175 Å². The summed E-state index contributed by atoms with van der Waals surface area (Å²) in [6, 6.07) is 6.51. The van der Waals surface area contributed by atoms with Crippen LogP contribution >= 0.6 is 11.8 Å². The molecular formula is C21H28N2O5S. The molecule has 1 N–H and O–H groups in total. The van der Waals surface area contributed by atoms with Crippen LogP contribution in [-0.4, -0.2) is 64.2 Å². The van der Waals surface area contributed by atoms with Gasteiger partial charge in [0.05, 0.1) is 16.6 Å². The van der Waals surface area contributed by atoms with E-state index in [4.69, 9.17) is 19.6 Å². The van der Waals surface area contributed by atoms with E-state index in [9.17, 15) is 9.59 Å². The van der Waals surface area contributed by atoms with E-state index < -0.39 is 11.6 Å². The lowest BCUT2D eigenvalue weighted by Gasteiger charge is -2.33. The Kier molecular flexibility index (Phi) is 6.72. The molecule has 158 valence electrons. The topological polar surface area (TPSA) is 88.4 Å². The summed E-state index contributed by atoms with van der Waals surface area (Å²) >= 11 is 1.78. The molecular weight excluding hydrogens is 392 g/mol. The summed E-state index contributed by atoms with van der Waals surface area (Å²) in [5.74, 6) is 0.970. The number of piperidine rings is 1. The van der Waals surface area contributed by atoms with Gasteiger partial charge in [-0.05, 0) is 57.9 Å². The van der Waals surface area contributed by atoms with E-state index >= 15 is 0 Å². The first-order chi connectivity index (χ1) is 13.7. The monoisotopic (exact) mass is 420 g/mol. The molecule has 8 heteroatoms. The third-order valence-corrected chi connectivity index (χ3v) is 6.06. The molecule has 3 rings (SSSR count). The number of likely N-dealkylation sites (tertiary alicyclic amines) is 1. The number of thioether (sulfide) groups is 1. The number of carboxylic acids is 1. The SMILES string of the molecule is CC(C)(C)OC(=O)N1CCC(C2=NC(COc3ccc(C(=O)O)cc3)CS2)CC1. The molecule has 1 unspecified atom stereocenters. The first-order valence-electron chi connectivity index (χ1n) is 9.86. The van der Waals surface area contributed by atoms with Crippen LogP contribution in [0.2, 0.25) is 0 Å². The highest BCUT2D eigenvalue weighted by Gasteiger charge is 2.31. The van der Waals surface area contributed by atoms with Crippen LogP contribution in [0.25, 0.3) is 0 Å². The second-order valence-corrected chi connectivity index (χ2v) is 9.35. The van der Waals surface area contributed by atoms with Crippen molar-refractivity contribution in [1.82, 2.24) is 4.90 Å². The normalized spacial score (nSPS) is 20.3. The molecule has 2 aliphatic rings. The standard InChI is InChI=1S/C21H28N2O5S/c1-21(2,3)28-20(26)23-10-8-14(9-11-23)18-22-16(13-29-18)12-27-17-6-4-15(5-7-17)19(24)25/h4-7,14,16H,8-13H2,1-3H3,(H,24,25). The number of ether oxygens (including phenoxy) is 2. The van der Waals surface area contributed by atoms with Crippen molar-refractivity contribution in [2.75, 3.05) is 25.4 Å². The summed E-state index contributed by atoms with van der Waals surface area (Å²) in [5.41, 5.74) is -0.229. The number of carboxylic acid groups (broad SMARTS) is 1. The zero-order valence-corrected chi connectivity index (χ0v) is 17.9. The second-order valence-electron chi connectivity index (χ2n) is 8.31. The number of aromatic carboxylic acids is 1. The van der Waals surface area contributed by atoms with E-state index in [-0.39, 0.29) is 17.7 Å². The molecule has 0 bridgehead atoms. The van der Waals surface area contributed by atoms with Gasteiger partial charge in [0.25, 0.3) is 0 Å². The maximum atomic E-state index is 12.2. The Morgan fingerprint density at radius 1 is 1.21 bits per heavy atom. The highest BCUT2D eigenvalue weighted by molar-refractivity contribution is 8.14. The van der Waals surface area contributed by atoms with E-state index in [1.54, 1.807) is 28.8 Å². The number of aliphatic imine (C=N–C) groups is 1. The number of hydrogen-bond donors (Lipinski definition) is 1. The zero-order valence-electron chi connectivity index (χ0n) is 17.1. The highest BCUT2D eigenvalue weighted by atomic mass is 32.2. The van der Waals surface area contributed by atoms with Crippen LogP contribution in [-0.2, 0) is 4.74 Å². The molecule has 1 saturated heterocycles. The quantitative estimate of drug-likeness (QED) is 0.777. The smallest absolute Gasteiger partial charge is 0.410 e. The second kappa shape index (κ2) is 9.07. The van der Waals surface area contributed by atoms with E-state index in [0.29, 0.717) is 31.4 Å². The largest absolute Gasteiger partial charge is 0.491 e. The minimum atomic E-state index is -0.948. The molecule has 1 aromatic rings. The summed E-state index contributed by atoms with van der Waals surface area (Å²) in [6.07, 6.45) is 1.56. The molecule has 1 amide bonds. The molecule has 0 aliphatic carbocycles. The third kappa shape index (κ3) is 6.13. The number of hydrogen-bond acceptors (Lipinski definition) is 6. The van der Waals surface area contributed by atoms with Gasteiger partial charge in [-0.1, -0.05) is 0 Å². The van der Waals surface area contributed by atoms with Crippen LogP contribution in [0.4, 0.5) is 4.79 Å². The van der Waals surface area contributed by atoms with Gasteiger partial charge in [-0.15, -0.1) is 11.8 Å². The van der Waals surface area contributed by atoms with Crippen molar-refractivity contribution >= 4 is 28.9 Å². The van der Waals surface area contributed by atoms with Crippen LogP contribution < -0.4 is 4.74 Å². The molecule has 29 heavy (non-hydrogen) atoms. The summed E-state index contributed by atoms with van der Waals surface area (Å²) in [6.45, 7) is 7.49. The van der Waals surface area contributed by atoms with Crippen LogP contribution in [0.5, 0.6) is 5.75 Å². The van der Waals surface area contributed by atoms with Gasteiger partial charge in [0.1, 0.15) is 18.0 Å². The van der Waals surface area contributed by atoms with Crippen molar-refractivity contribution in [3.63, 3.8) is 0 Å². The van der Waals surface area contributed by atoms with Gasteiger partial charge in [-0.2, -0.15) is 0 Å². The van der Waals surface area contributed by atoms with Gasteiger partial charge < -0.3 is 19.5 Å². The van der Waals surface area contributed by atoms with Crippen molar-refractivity contribution in [2.24, 2.45) is 10.9 Å². The van der Waals surface area contributed by atoms with E-state index in [2.05, 4.69) is 0 Å². The molecule has 1 atom stereocenters. The number of rotatable bonds is 5. The summed E-state index contributed by atoms with van der Waals surface area (Å²) in [4.78, 5) is 29.7. The van der Waals surface area contributed by atoms with Crippen molar-refractivity contribution < 1.29 is 24.2 Å². The maximum absolute atomic E-state index is 12.2. The first kappa shape index (κ1) is 21.5. The van der Waals surface area contributed by atoms with E-state index in [0.717, 1.165) is 23.6 Å². The van der Waals surface area contributed by atoms with Gasteiger partial charge in [0, 0.05) is 24.8 Å². The molecule has 2 heterocycles. The number of carbonyl (C=O) groups is 2. The Morgan fingerprint density at radius 3 is 2.45 bits per heavy atom. The fourth-order valence-electron chi connectivity index (χ4n) is 3.27. The molecule has 1 fully saturated rings. The minimum absolute atomic E-state index is 0.0954. The lowest BCUT2D eigenvalue weighted by molar-refractivity contribution is 0.0202. The van der Waals surface area contributed by atoms with Crippen molar-refractivity contribution in [3.8, 4) is 5.75 Å². The third-order valence-electron chi connectivity index (χ3n) is 4.77. The first-order valence-corrected chi connectivity index (χ1v) is 10.8. The molecule has 2 aliphatic heterocycles. The van der Waals surface area contributed by atoms with Crippen LogP contribution in [0.15, 0.2) is 29.3 Å². The van der Waals surface area contributed by atoms with Crippen LogP contribution in [0, 0.1) is 5.92 Å². The lowest BCUT2D eigenvalue weighted by atomic mass is 9.98. The number of benzene rings is 1. The Bertz CT molecular complexity index is 764. The fourth-order valence-corrected chi connectivity index (χ4v) is 4.50. The molecule has 0 radical (unpaired) electrons. The van der Waals surface area contributed by atoms with Crippen molar-refractivity contribution in [2.45, 2.75) is 45.3 Å². The molecule has 0 saturated carbocycles. The van der Waals surface area contributed by atoms with Gasteiger partial charge in [-0.25, -0.2) is 9.59 Å². The van der Waals surface area contributed by atoms with Gasteiger partial charge in [0.15, 0.2) is 0 Å². The molecule has 0 spiro atoms. The molecule has 0 aromatic heterocycles. The summed E-state index contributed by atoms with van der Waals surface area (Å²) in [5, 5.41) is 10.1. The Balaban J connectivity index is 1.45. The fraction of sp³-hybridized carbons (Fsp3) is 0.571. The maximum Gasteiger partial charge on any atom is 0.410 e. The average Bonchev–Trinajstić information content (AvgIpc) is 3.14. The molecule has 1 aromatic carbocycles. The van der Waals surface area contributed by atoms with Crippen LogP contribution in [0.3, 0.4) is 0 Å². The zero-order chi connectivity index (χ0) is 21.0. The van der Waals surface area contributed by atoms with Gasteiger partial charge >= 0.3 is 12.1 Å².